The van der Waals surface area contributed by atoms with E-state index in [0.717, 1.165) is 5.01 Å². The van der Waals surface area contributed by atoms with Crippen molar-refractivity contribution < 1.29 is 9.53 Å². The van der Waals surface area contributed by atoms with Crippen molar-refractivity contribution in [2.45, 2.75) is 6.54 Å². The molecule has 2 aromatic rings. The van der Waals surface area contributed by atoms with Gasteiger partial charge in [0.2, 0.25) is 0 Å². The van der Waals surface area contributed by atoms with Gasteiger partial charge in [-0.2, -0.15) is 0 Å². The third-order valence-corrected chi connectivity index (χ3v) is 4.00. The number of rotatable bonds is 6. The number of ether oxygens (including phenoxy) is 1. The summed E-state index contributed by atoms with van der Waals surface area (Å²) in [6, 6.07) is 7.23. The molecule has 1 amide bonds. The van der Waals surface area contributed by atoms with Crippen molar-refractivity contribution in [2.75, 3.05) is 20.2 Å². The summed E-state index contributed by atoms with van der Waals surface area (Å²) in [4.78, 5) is 17.9. The van der Waals surface area contributed by atoms with Crippen LogP contribution in [0.2, 0.25) is 5.02 Å². The minimum atomic E-state index is -0.145. The van der Waals surface area contributed by atoms with Crippen molar-refractivity contribution in [3.63, 3.8) is 0 Å². The summed E-state index contributed by atoms with van der Waals surface area (Å²) in [5.41, 5.74) is 5.91. The standard InChI is InChI=1S/C14H16ClN3O2S.ClH/c1-18(14(19)11-9-21-13(8-16)17-11)6-7-20-12-5-3-2-4-10(12)15;/h2-5,9H,6-8,16H2,1H3;1H. The summed E-state index contributed by atoms with van der Waals surface area (Å²) < 4.78 is 5.56. The highest BCUT2D eigenvalue weighted by Crippen LogP contribution is 2.22. The molecule has 0 unspecified atom stereocenters. The highest BCUT2D eigenvalue weighted by atomic mass is 35.5. The van der Waals surface area contributed by atoms with Crippen LogP contribution in [-0.2, 0) is 6.54 Å². The summed E-state index contributed by atoms with van der Waals surface area (Å²) in [6.07, 6.45) is 0. The van der Waals surface area contributed by atoms with Crippen LogP contribution < -0.4 is 10.5 Å². The first-order chi connectivity index (χ1) is 10.1. The van der Waals surface area contributed by atoms with Gasteiger partial charge in [-0.3, -0.25) is 4.79 Å². The van der Waals surface area contributed by atoms with Crippen molar-refractivity contribution in [3.05, 3.63) is 45.4 Å². The predicted molar refractivity (Wildman–Crippen MR) is 91.2 cm³/mol. The first-order valence-corrected chi connectivity index (χ1v) is 7.65. The topological polar surface area (TPSA) is 68.5 Å². The number of benzene rings is 1. The Bertz CT molecular complexity index is 622. The van der Waals surface area contributed by atoms with Gasteiger partial charge in [0.15, 0.2) is 0 Å². The lowest BCUT2D eigenvalue weighted by atomic mass is 10.3. The summed E-state index contributed by atoms with van der Waals surface area (Å²) in [6.45, 7) is 1.15. The van der Waals surface area contributed by atoms with E-state index in [0.29, 0.717) is 36.2 Å². The van der Waals surface area contributed by atoms with Crippen LogP contribution in [0, 0.1) is 0 Å². The molecule has 120 valence electrons. The fourth-order valence-electron chi connectivity index (χ4n) is 1.65. The molecule has 8 heteroatoms. The molecule has 0 atom stereocenters. The van der Waals surface area contributed by atoms with Crippen LogP contribution in [-0.4, -0.2) is 36.0 Å². The number of amides is 1. The quantitative estimate of drug-likeness (QED) is 0.858. The van der Waals surface area contributed by atoms with Gasteiger partial charge >= 0.3 is 0 Å². The Morgan fingerprint density at radius 3 is 2.82 bits per heavy atom. The van der Waals surface area contributed by atoms with Gasteiger partial charge in [-0.15, -0.1) is 23.7 Å². The molecule has 0 bridgehead atoms. The molecule has 1 heterocycles. The second kappa shape index (κ2) is 8.95. The first kappa shape index (κ1) is 18.7. The largest absolute Gasteiger partial charge is 0.490 e. The van der Waals surface area contributed by atoms with Crippen molar-refractivity contribution in [2.24, 2.45) is 5.73 Å². The Morgan fingerprint density at radius 2 is 2.18 bits per heavy atom. The first-order valence-electron chi connectivity index (χ1n) is 6.39. The average molecular weight is 362 g/mol. The van der Waals surface area contributed by atoms with Crippen LogP contribution in [0.3, 0.4) is 0 Å². The molecule has 0 spiro atoms. The maximum absolute atomic E-state index is 12.1. The lowest BCUT2D eigenvalue weighted by Crippen LogP contribution is -2.31. The van der Waals surface area contributed by atoms with Crippen molar-refractivity contribution in [3.8, 4) is 5.75 Å². The number of likely N-dealkylation sites (N-methyl/N-ethyl adjacent to an activating group) is 1. The Hall–Kier alpha value is -1.34. The smallest absolute Gasteiger partial charge is 0.273 e. The van der Waals surface area contributed by atoms with E-state index in [4.69, 9.17) is 22.1 Å². The number of carbonyl (C=O) groups excluding carboxylic acids is 1. The molecule has 2 rings (SSSR count). The number of aromatic nitrogens is 1. The maximum atomic E-state index is 12.1. The van der Waals surface area contributed by atoms with Gasteiger partial charge in [0.1, 0.15) is 23.1 Å². The third-order valence-electron chi connectivity index (χ3n) is 2.81. The van der Waals surface area contributed by atoms with Crippen LogP contribution in [0.15, 0.2) is 29.6 Å². The highest BCUT2D eigenvalue weighted by molar-refractivity contribution is 7.09. The van der Waals surface area contributed by atoms with E-state index < -0.39 is 0 Å². The molecule has 0 fully saturated rings. The normalized spacial score (nSPS) is 9.95. The number of hydrogen-bond donors (Lipinski definition) is 1. The summed E-state index contributed by atoms with van der Waals surface area (Å²) in [5, 5.41) is 3.02. The SMILES string of the molecule is CN(CCOc1ccccc1Cl)C(=O)c1csc(CN)n1.Cl. The van der Waals surface area contributed by atoms with Crippen LogP contribution in [0.1, 0.15) is 15.5 Å². The van der Waals surface area contributed by atoms with Crippen LogP contribution in [0.5, 0.6) is 5.75 Å². The van der Waals surface area contributed by atoms with Gasteiger partial charge in [-0.05, 0) is 12.1 Å². The number of carbonyl (C=O) groups is 1. The van der Waals surface area contributed by atoms with E-state index in [-0.39, 0.29) is 18.3 Å². The molecule has 0 saturated heterocycles. The number of thiazole rings is 1. The number of halogens is 2. The Balaban J connectivity index is 0.00000242. The van der Waals surface area contributed by atoms with Gasteiger partial charge in [0, 0.05) is 19.0 Å². The molecule has 5 nitrogen and oxygen atoms in total. The molecule has 1 aromatic heterocycles. The monoisotopic (exact) mass is 361 g/mol. The van der Waals surface area contributed by atoms with Crippen molar-refractivity contribution in [1.82, 2.24) is 9.88 Å². The van der Waals surface area contributed by atoms with Crippen LogP contribution in [0.25, 0.3) is 0 Å². The van der Waals surface area contributed by atoms with Gasteiger partial charge in [0.05, 0.1) is 11.6 Å². The van der Waals surface area contributed by atoms with E-state index in [9.17, 15) is 4.79 Å². The zero-order valence-corrected chi connectivity index (χ0v) is 14.4. The number of hydrogen-bond acceptors (Lipinski definition) is 5. The molecule has 2 N–H and O–H groups in total. The molecule has 22 heavy (non-hydrogen) atoms. The summed E-state index contributed by atoms with van der Waals surface area (Å²) in [7, 11) is 1.71. The molecule has 0 aliphatic rings. The minimum Gasteiger partial charge on any atom is -0.490 e. The number of para-hydroxylation sites is 1. The Labute approximate surface area is 144 Å². The Morgan fingerprint density at radius 1 is 1.45 bits per heavy atom. The number of nitrogens with two attached hydrogens (primary N) is 1. The van der Waals surface area contributed by atoms with Gasteiger partial charge < -0.3 is 15.4 Å². The highest BCUT2D eigenvalue weighted by Gasteiger charge is 2.15. The van der Waals surface area contributed by atoms with Crippen LogP contribution in [0.4, 0.5) is 0 Å². The van der Waals surface area contributed by atoms with Gasteiger partial charge in [-0.1, -0.05) is 23.7 Å². The molecule has 0 saturated carbocycles. The van der Waals surface area contributed by atoms with Gasteiger partial charge in [-0.25, -0.2) is 4.98 Å². The van der Waals surface area contributed by atoms with E-state index >= 15 is 0 Å². The predicted octanol–water partition coefficient (Wildman–Crippen LogP) is 2.83. The second-order valence-electron chi connectivity index (χ2n) is 4.34. The maximum Gasteiger partial charge on any atom is 0.273 e. The van der Waals surface area contributed by atoms with E-state index in [1.165, 1.54) is 11.3 Å². The third kappa shape index (κ3) is 4.84. The van der Waals surface area contributed by atoms with Crippen molar-refractivity contribution in [1.29, 1.82) is 0 Å². The average Bonchev–Trinajstić information content (AvgIpc) is 2.97. The zero-order chi connectivity index (χ0) is 15.2. The lowest BCUT2D eigenvalue weighted by molar-refractivity contribution is 0.0768. The minimum absolute atomic E-state index is 0. The fraction of sp³-hybridized carbons (Fsp3) is 0.286. The van der Waals surface area contributed by atoms with E-state index in [2.05, 4.69) is 4.98 Å². The summed E-state index contributed by atoms with van der Waals surface area (Å²) >= 11 is 7.38. The molecular weight excluding hydrogens is 345 g/mol. The van der Waals surface area contributed by atoms with Gasteiger partial charge in [0.25, 0.3) is 5.91 Å². The number of nitrogens with zero attached hydrogens (tertiary/aromatic N) is 2. The molecule has 0 aliphatic carbocycles. The summed E-state index contributed by atoms with van der Waals surface area (Å²) in [5.74, 6) is 0.466. The molecule has 0 aliphatic heterocycles. The molecular formula is C14H17Cl2N3O2S. The second-order valence-corrected chi connectivity index (χ2v) is 5.69. The van der Waals surface area contributed by atoms with E-state index in [1.807, 2.05) is 12.1 Å². The zero-order valence-electron chi connectivity index (χ0n) is 12.0. The van der Waals surface area contributed by atoms with Crippen molar-refractivity contribution >= 4 is 41.3 Å². The van der Waals surface area contributed by atoms with E-state index in [1.54, 1.807) is 29.5 Å². The lowest BCUT2D eigenvalue weighted by Gasteiger charge is -2.16. The molecule has 0 radical (unpaired) electrons. The fourth-order valence-corrected chi connectivity index (χ4v) is 2.49. The molecule has 1 aromatic carbocycles. The van der Waals surface area contributed by atoms with Crippen LogP contribution >= 0.6 is 35.3 Å². The Kier molecular flexibility index (Phi) is 7.61.